The summed E-state index contributed by atoms with van der Waals surface area (Å²) in [5.74, 6) is 0.475. The highest BCUT2D eigenvalue weighted by Gasteiger charge is 2.03. The number of benzene rings is 2. The Labute approximate surface area is 93.8 Å². The molecule has 2 aromatic rings. The molecule has 0 aliphatic heterocycles. The molecule has 0 spiro atoms. The van der Waals surface area contributed by atoms with Crippen molar-refractivity contribution in [1.82, 2.24) is 0 Å². The predicted molar refractivity (Wildman–Crippen MR) is 63.4 cm³/mol. The third kappa shape index (κ3) is 2.25. The fourth-order valence-electron chi connectivity index (χ4n) is 1.58. The number of aromatic hydroxyl groups is 2. The first-order chi connectivity index (χ1) is 7.65. The summed E-state index contributed by atoms with van der Waals surface area (Å²) in [7, 11) is 0. The number of nitrogens with two attached hydrogens (primary N) is 1. The van der Waals surface area contributed by atoms with Crippen LogP contribution in [0.4, 0.5) is 5.69 Å². The monoisotopic (exact) mass is 215 g/mol. The van der Waals surface area contributed by atoms with Gasteiger partial charge in [0.1, 0.15) is 11.5 Å². The summed E-state index contributed by atoms with van der Waals surface area (Å²) in [5, 5.41) is 18.8. The molecule has 0 radical (unpaired) electrons. The van der Waals surface area contributed by atoms with Crippen LogP contribution in [0.15, 0.2) is 42.5 Å². The standard InChI is InChI=1S/C13H13NO2/c14-11-3-6-13(16)10(8-11)7-9-1-4-12(15)5-2-9/h1-6,8,15-16H,7,14H2. The fourth-order valence-corrected chi connectivity index (χ4v) is 1.58. The maximum absolute atomic E-state index is 9.65. The Bertz CT molecular complexity index is 492. The van der Waals surface area contributed by atoms with Crippen LogP contribution in [0.5, 0.6) is 11.5 Å². The van der Waals surface area contributed by atoms with Gasteiger partial charge in [-0.1, -0.05) is 12.1 Å². The first-order valence-corrected chi connectivity index (χ1v) is 5.00. The molecule has 0 saturated carbocycles. The Morgan fingerprint density at radius 1 is 0.938 bits per heavy atom. The van der Waals surface area contributed by atoms with Gasteiger partial charge in [-0.2, -0.15) is 0 Å². The topological polar surface area (TPSA) is 66.5 Å². The zero-order valence-corrected chi connectivity index (χ0v) is 8.72. The third-order valence-corrected chi connectivity index (χ3v) is 2.43. The molecule has 0 unspecified atom stereocenters. The molecule has 3 nitrogen and oxygen atoms in total. The summed E-state index contributed by atoms with van der Waals surface area (Å²) < 4.78 is 0. The zero-order chi connectivity index (χ0) is 11.5. The summed E-state index contributed by atoms with van der Waals surface area (Å²) in [4.78, 5) is 0. The normalized spacial score (nSPS) is 10.2. The van der Waals surface area contributed by atoms with Gasteiger partial charge in [-0.25, -0.2) is 0 Å². The lowest BCUT2D eigenvalue weighted by Gasteiger charge is -2.06. The number of phenols is 2. The van der Waals surface area contributed by atoms with Crippen LogP contribution in [0.25, 0.3) is 0 Å². The number of anilines is 1. The maximum atomic E-state index is 9.65. The largest absolute Gasteiger partial charge is 0.508 e. The Morgan fingerprint density at radius 2 is 1.62 bits per heavy atom. The molecule has 0 fully saturated rings. The summed E-state index contributed by atoms with van der Waals surface area (Å²) in [5.41, 5.74) is 8.08. The number of nitrogen functional groups attached to an aromatic ring is 1. The van der Waals surface area contributed by atoms with Crippen LogP contribution in [-0.4, -0.2) is 10.2 Å². The summed E-state index contributed by atoms with van der Waals surface area (Å²) in [6.07, 6.45) is 0.594. The zero-order valence-electron chi connectivity index (χ0n) is 8.72. The van der Waals surface area contributed by atoms with Gasteiger partial charge in [-0.15, -0.1) is 0 Å². The number of hydrogen-bond acceptors (Lipinski definition) is 3. The first kappa shape index (κ1) is 10.4. The van der Waals surface area contributed by atoms with E-state index in [-0.39, 0.29) is 11.5 Å². The third-order valence-electron chi connectivity index (χ3n) is 2.43. The SMILES string of the molecule is Nc1ccc(O)c(Cc2ccc(O)cc2)c1. The molecule has 0 saturated heterocycles. The number of hydrogen-bond donors (Lipinski definition) is 3. The molecule has 2 rings (SSSR count). The van der Waals surface area contributed by atoms with Crippen molar-refractivity contribution in [3.05, 3.63) is 53.6 Å². The maximum Gasteiger partial charge on any atom is 0.119 e. The second-order valence-electron chi connectivity index (χ2n) is 3.73. The molecule has 0 bridgehead atoms. The highest BCUT2D eigenvalue weighted by atomic mass is 16.3. The van der Waals surface area contributed by atoms with E-state index in [1.165, 1.54) is 0 Å². The Morgan fingerprint density at radius 3 is 2.31 bits per heavy atom. The second-order valence-corrected chi connectivity index (χ2v) is 3.73. The Kier molecular flexibility index (Phi) is 2.68. The Balaban J connectivity index is 2.26. The molecule has 0 heterocycles. The average molecular weight is 215 g/mol. The quantitative estimate of drug-likeness (QED) is 0.531. The van der Waals surface area contributed by atoms with E-state index in [4.69, 9.17) is 10.8 Å². The predicted octanol–water partition coefficient (Wildman–Crippen LogP) is 2.27. The molecule has 4 N–H and O–H groups in total. The van der Waals surface area contributed by atoms with Crippen molar-refractivity contribution in [2.24, 2.45) is 0 Å². The van der Waals surface area contributed by atoms with E-state index >= 15 is 0 Å². The molecule has 0 atom stereocenters. The Hall–Kier alpha value is -2.16. The molecule has 0 amide bonds. The minimum absolute atomic E-state index is 0.237. The van der Waals surface area contributed by atoms with Gasteiger partial charge in [0.05, 0.1) is 0 Å². The van der Waals surface area contributed by atoms with E-state index in [2.05, 4.69) is 0 Å². The van der Waals surface area contributed by atoms with Gasteiger partial charge in [0.25, 0.3) is 0 Å². The summed E-state index contributed by atoms with van der Waals surface area (Å²) in [6.45, 7) is 0. The van der Waals surface area contributed by atoms with Crippen LogP contribution < -0.4 is 5.73 Å². The van der Waals surface area contributed by atoms with Gasteiger partial charge < -0.3 is 15.9 Å². The van der Waals surface area contributed by atoms with E-state index in [1.807, 2.05) is 12.1 Å². The van der Waals surface area contributed by atoms with E-state index in [0.29, 0.717) is 12.1 Å². The van der Waals surface area contributed by atoms with E-state index in [9.17, 15) is 5.11 Å². The number of rotatable bonds is 2. The van der Waals surface area contributed by atoms with Crippen LogP contribution in [0, 0.1) is 0 Å². The van der Waals surface area contributed by atoms with E-state index in [1.54, 1.807) is 30.3 Å². The van der Waals surface area contributed by atoms with Gasteiger partial charge >= 0.3 is 0 Å². The molecule has 2 aromatic carbocycles. The fraction of sp³-hybridized carbons (Fsp3) is 0.0769. The van der Waals surface area contributed by atoms with Crippen molar-refractivity contribution in [3.63, 3.8) is 0 Å². The molecule has 3 heteroatoms. The van der Waals surface area contributed by atoms with Crippen molar-refractivity contribution in [2.75, 3.05) is 5.73 Å². The minimum atomic E-state index is 0.237. The summed E-state index contributed by atoms with van der Waals surface area (Å²) in [6, 6.07) is 11.9. The van der Waals surface area contributed by atoms with Crippen LogP contribution in [-0.2, 0) is 6.42 Å². The second kappa shape index (κ2) is 4.14. The van der Waals surface area contributed by atoms with Crippen LogP contribution in [0.2, 0.25) is 0 Å². The van der Waals surface area contributed by atoms with Gasteiger partial charge in [-0.3, -0.25) is 0 Å². The first-order valence-electron chi connectivity index (χ1n) is 5.00. The van der Waals surface area contributed by atoms with Crippen molar-refractivity contribution in [1.29, 1.82) is 0 Å². The van der Waals surface area contributed by atoms with Gasteiger partial charge in [0, 0.05) is 17.7 Å². The van der Waals surface area contributed by atoms with Crippen LogP contribution in [0.1, 0.15) is 11.1 Å². The van der Waals surface area contributed by atoms with Crippen molar-refractivity contribution >= 4 is 5.69 Å². The van der Waals surface area contributed by atoms with E-state index < -0.39 is 0 Å². The molecular weight excluding hydrogens is 202 g/mol. The van der Waals surface area contributed by atoms with Crippen LogP contribution in [0.3, 0.4) is 0 Å². The molecule has 0 aliphatic rings. The lowest BCUT2D eigenvalue weighted by molar-refractivity contribution is 0.469. The highest BCUT2D eigenvalue weighted by molar-refractivity contribution is 5.49. The number of phenolic OH excluding ortho intramolecular Hbond substituents is 2. The molecular formula is C13H13NO2. The van der Waals surface area contributed by atoms with Crippen molar-refractivity contribution in [2.45, 2.75) is 6.42 Å². The van der Waals surface area contributed by atoms with Gasteiger partial charge in [0.2, 0.25) is 0 Å². The average Bonchev–Trinajstić information content (AvgIpc) is 2.27. The summed E-state index contributed by atoms with van der Waals surface area (Å²) >= 11 is 0. The molecule has 0 aromatic heterocycles. The van der Waals surface area contributed by atoms with E-state index in [0.717, 1.165) is 11.1 Å². The van der Waals surface area contributed by atoms with Crippen molar-refractivity contribution < 1.29 is 10.2 Å². The lowest BCUT2D eigenvalue weighted by Crippen LogP contribution is -1.91. The molecule has 0 aliphatic carbocycles. The van der Waals surface area contributed by atoms with Gasteiger partial charge in [-0.05, 0) is 35.9 Å². The van der Waals surface area contributed by atoms with Crippen molar-refractivity contribution in [3.8, 4) is 11.5 Å². The highest BCUT2D eigenvalue weighted by Crippen LogP contribution is 2.23. The minimum Gasteiger partial charge on any atom is -0.508 e. The molecule has 82 valence electrons. The smallest absolute Gasteiger partial charge is 0.119 e. The lowest BCUT2D eigenvalue weighted by atomic mass is 10.0. The van der Waals surface area contributed by atoms with Crippen LogP contribution >= 0.6 is 0 Å². The van der Waals surface area contributed by atoms with Gasteiger partial charge in [0.15, 0.2) is 0 Å². The molecule has 16 heavy (non-hydrogen) atoms.